The first-order chi connectivity index (χ1) is 9.75. The topological polar surface area (TPSA) is 74.7 Å². The molecule has 0 aliphatic carbocycles. The van der Waals surface area contributed by atoms with Crippen LogP contribution in [0.15, 0.2) is 24.3 Å². The standard InChI is InChI=1S/C16H19NO4/c1-10(2)16(3)8-13(18)17(15(16)21)9-11-5-4-6-12(7-11)14(19)20/h4-7,10H,8-9H2,1-3H3,(H,19,20). The molecule has 1 fully saturated rings. The molecule has 2 amide bonds. The number of carboxylic acids is 1. The molecule has 1 heterocycles. The van der Waals surface area contributed by atoms with Gasteiger partial charge in [0.1, 0.15) is 0 Å². The highest BCUT2D eigenvalue weighted by Crippen LogP contribution is 2.39. The van der Waals surface area contributed by atoms with Gasteiger partial charge in [-0.3, -0.25) is 14.5 Å². The fourth-order valence-electron chi connectivity index (χ4n) is 2.50. The van der Waals surface area contributed by atoms with Gasteiger partial charge in [-0.2, -0.15) is 0 Å². The minimum Gasteiger partial charge on any atom is -0.478 e. The smallest absolute Gasteiger partial charge is 0.335 e. The fourth-order valence-corrected chi connectivity index (χ4v) is 2.50. The van der Waals surface area contributed by atoms with Gasteiger partial charge in [-0.05, 0) is 30.5 Å². The second-order valence-corrected chi connectivity index (χ2v) is 6.04. The van der Waals surface area contributed by atoms with E-state index in [0.29, 0.717) is 5.56 Å². The Morgan fingerprint density at radius 1 is 1.38 bits per heavy atom. The third-order valence-electron chi connectivity index (χ3n) is 4.34. The Morgan fingerprint density at radius 2 is 2.05 bits per heavy atom. The Labute approximate surface area is 123 Å². The molecule has 0 bridgehead atoms. The van der Waals surface area contributed by atoms with Crippen molar-refractivity contribution in [3.05, 3.63) is 35.4 Å². The van der Waals surface area contributed by atoms with E-state index in [2.05, 4.69) is 0 Å². The van der Waals surface area contributed by atoms with Crippen LogP contribution in [0.25, 0.3) is 0 Å². The molecule has 0 radical (unpaired) electrons. The highest BCUT2D eigenvalue weighted by molar-refractivity contribution is 6.05. The van der Waals surface area contributed by atoms with Crippen molar-refractivity contribution in [3.8, 4) is 0 Å². The summed E-state index contributed by atoms with van der Waals surface area (Å²) in [6.45, 7) is 5.80. The number of amides is 2. The van der Waals surface area contributed by atoms with Gasteiger partial charge in [-0.1, -0.05) is 26.0 Å². The van der Waals surface area contributed by atoms with Crippen molar-refractivity contribution in [1.29, 1.82) is 0 Å². The number of carboxylic acid groups (broad SMARTS) is 1. The first-order valence-electron chi connectivity index (χ1n) is 6.92. The van der Waals surface area contributed by atoms with Crippen LogP contribution in [0, 0.1) is 11.3 Å². The van der Waals surface area contributed by atoms with Crippen LogP contribution in [0.5, 0.6) is 0 Å². The molecular formula is C16H19NO4. The number of nitrogens with zero attached hydrogens (tertiary/aromatic N) is 1. The Bertz CT molecular complexity index is 608. The van der Waals surface area contributed by atoms with Gasteiger partial charge in [-0.25, -0.2) is 4.79 Å². The SMILES string of the molecule is CC(C)C1(C)CC(=O)N(Cc2cccc(C(=O)O)c2)C1=O. The molecule has 1 atom stereocenters. The summed E-state index contributed by atoms with van der Waals surface area (Å²) in [6.07, 6.45) is 0.210. The molecule has 1 aliphatic heterocycles. The molecule has 1 saturated heterocycles. The van der Waals surface area contributed by atoms with Gasteiger partial charge in [0.05, 0.1) is 17.5 Å². The van der Waals surface area contributed by atoms with Gasteiger partial charge in [0.15, 0.2) is 0 Å². The van der Waals surface area contributed by atoms with Crippen LogP contribution in [0.3, 0.4) is 0 Å². The van der Waals surface area contributed by atoms with Crippen molar-refractivity contribution in [2.75, 3.05) is 0 Å². The third kappa shape index (κ3) is 2.68. The maximum Gasteiger partial charge on any atom is 0.335 e. The van der Waals surface area contributed by atoms with E-state index in [9.17, 15) is 14.4 Å². The Balaban J connectivity index is 2.24. The van der Waals surface area contributed by atoms with Crippen molar-refractivity contribution in [2.45, 2.75) is 33.7 Å². The van der Waals surface area contributed by atoms with E-state index in [1.165, 1.54) is 17.0 Å². The van der Waals surface area contributed by atoms with Crippen LogP contribution in [-0.2, 0) is 16.1 Å². The lowest BCUT2D eigenvalue weighted by atomic mass is 9.78. The Kier molecular flexibility index (Phi) is 3.85. The van der Waals surface area contributed by atoms with Crippen LogP contribution < -0.4 is 0 Å². The summed E-state index contributed by atoms with van der Waals surface area (Å²) >= 11 is 0. The van der Waals surface area contributed by atoms with Crippen molar-refractivity contribution < 1.29 is 19.5 Å². The Morgan fingerprint density at radius 3 is 2.57 bits per heavy atom. The summed E-state index contributed by atoms with van der Waals surface area (Å²) in [5, 5.41) is 8.98. The molecule has 2 rings (SSSR count). The summed E-state index contributed by atoms with van der Waals surface area (Å²) in [4.78, 5) is 36.8. The number of benzene rings is 1. The third-order valence-corrected chi connectivity index (χ3v) is 4.34. The number of rotatable bonds is 4. The molecule has 5 nitrogen and oxygen atoms in total. The average Bonchev–Trinajstić information content (AvgIpc) is 2.64. The van der Waals surface area contributed by atoms with E-state index in [1.54, 1.807) is 12.1 Å². The first-order valence-corrected chi connectivity index (χ1v) is 6.92. The zero-order chi connectivity index (χ0) is 15.8. The second kappa shape index (κ2) is 5.31. The van der Waals surface area contributed by atoms with E-state index in [-0.39, 0.29) is 36.3 Å². The largest absolute Gasteiger partial charge is 0.478 e. The molecule has 1 aliphatic rings. The molecule has 1 aromatic carbocycles. The number of carbonyl (C=O) groups excluding carboxylic acids is 2. The van der Waals surface area contributed by atoms with Crippen LogP contribution in [0.4, 0.5) is 0 Å². The molecule has 1 aromatic rings. The van der Waals surface area contributed by atoms with Gasteiger partial charge in [0.25, 0.3) is 0 Å². The van der Waals surface area contributed by atoms with Crippen LogP contribution in [0.1, 0.15) is 43.1 Å². The summed E-state index contributed by atoms with van der Waals surface area (Å²) in [7, 11) is 0. The molecule has 0 aromatic heterocycles. The van der Waals surface area contributed by atoms with Crippen LogP contribution >= 0.6 is 0 Å². The fraction of sp³-hybridized carbons (Fsp3) is 0.438. The number of likely N-dealkylation sites (tertiary alicyclic amines) is 1. The average molecular weight is 289 g/mol. The summed E-state index contributed by atoms with van der Waals surface area (Å²) in [5.41, 5.74) is 0.129. The minimum absolute atomic E-state index is 0.0734. The van der Waals surface area contributed by atoms with Gasteiger partial charge in [0, 0.05) is 6.42 Å². The summed E-state index contributed by atoms with van der Waals surface area (Å²) in [6, 6.07) is 6.31. The molecule has 1 N–H and O–H groups in total. The quantitative estimate of drug-likeness (QED) is 0.863. The van der Waals surface area contributed by atoms with Crippen LogP contribution in [0.2, 0.25) is 0 Å². The number of aromatic carboxylic acids is 1. The molecule has 0 spiro atoms. The van der Waals surface area contributed by atoms with Crippen molar-refractivity contribution >= 4 is 17.8 Å². The van der Waals surface area contributed by atoms with Crippen molar-refractivity contribution in [2.24, 2.45) is 11.3 Å². The van der Waals surface area contributed by atoms with Crippen molar-refractivity contribution in [1.82, 2.24) is 4.90 Å². The van der Waals surface area contributed by atoms with Gasteiger partial charge in [0.2, 0.25) is 11.8 Å². The summed E-state index contributed by atoms with van der Waals surface area (Å²) < 4.78 is 0. The Hall–Kier alpha value is -2.17. The van der Waals surface area contributed by atoms with E-state index < -0.39 is 11.4 Å². The predicted molar refractivity (Wildman–Crippen MR) is 76.5 cm³/mol. The normalized spacial score (nSPS) is 22.2. The monoisotopic (exact) mass is 289 g/mol. The van der Waals surface area contributed by atoms with Gasteiger partial charge >= 0.3 is 5.97 Å². The maximum absolute atomic E-state index is 12.5. The molecule has 112 valence electrons. The first kappa shape index (κ1) is 15.2. The lowest BCUT2D eigenvalue weighted by molar-refractivity contribution is -0.142. The zero-order valence-electron chi connectivity index (χ0n) is 12.4. The van der Waals surface area contributed by atoms with Gasteiger partial charge < -0.3 is 5.11 Å². The number of hydrogen-bond acceptors (Lipinski definition) is 3. The second-order valence-electron chi connectivity index (χ2n) is 6.04. The number of hydrogen-bond donors (Lipinski definition) is 1. The molecule has 0 saturated carbocycles. The lowest BCUT2D eigenvalue weighted by Gasteiger charge is -2.26. The predicted octanol–water partition coefficient (Wildman–Crippen LogP) is 2.31. The molecule has 5 heteroatoms. The van der Waals surface area contributed by atoms with E-state index >= 15 is 0 Å². The van der Waals surface area contributed by atoms with E-state index in [4.69, 9.17) is 5.11 Å². The van der Waals surface area contributed by atoms with Crippen molar-refractivity contribution in [3.63, 3.8) is 0 Å². The van der Waals surface area contributed by atoms with Gasteiger partial charge in [-0.15, -0.1) is 0 Å². The lowest BCUT2D eigenvalue weighted by Crippen LogP contribution is -2.36. The van der Waals surface area contributed by atoms with E-state index in [0.717, 1.165) is 0 Å². The number of imide groups is 1. The zero-order valence-corrected chi connectivity index (χ0v) is 12.4. The maximum atomic E-state index is 12.5. The van der Waals surface area contributed by atoms with E-state index in [1.807, 2.05) is 20.8 Å². The minimum atomic E-state index is -1.03. The highest BCUT2D eigenvalue weighted by atomic mass is 16.4. The molecular weight excluding hydrogens is 270 g/mol. The molecule has 21 heavy (non-hydrogen) atoms. The highest BCUT2D eigenvalue weighted by Gasteiger charge is 2.49. The summed E-state index contributed by atoms with van der Waals surface area (Å²) in [5.74, 6) is -1.33. The van der Waals surface area contributed by atoms with Crippen LogP contribution in [-0.4, -0.2) is 27.8 Å². The number of carbonyl (C=O) groups is 3. The molecule has 1 unspecified atom stereocenters.